The quantitative estimate of drug-likeness (QED) is 0.293. The number of benzene rings is 3. The van der Waals surface area contributed by atoms with E-state index in [2.05, 4.69) is 10.6 Å². The van der Waals surface area contributed by atoms with E-state index < -0.39 is 0 Å². The van der Waals surface area contributed by atoms with E-state index in [4.69, 9.17) is 31.2 Å². The molecule has 1 heterocycles. The number of para-hydroxylation sites is 2. The first-order chi connectivity index (χ1) is 18.4. The number of amides is 2. The second kappa shape index (κ2) is 12.1. The fourth-order valence-electron chi connectivity index (χ4n) is 3.77. The molecule has 3 aromatic rings. The van der Waals surface area contributed by atoms with E-state index in [1.807, 2.05) is 13.0 Å². The van der Waals surface area contributed by atoms with Crippen molar-refractivity contribution in [2.24, 2.45) is 0 Å². The van der Waals surface area contributed by atoms with Gasteiger partial charge in [-0.05, 0) is 79.3 Å². The van der Waals surface area contributed by atoms with Gasteiger partial charge in [0, 0.05) is 0 Å². The van der Waals surface area contributed by atoms with Gasteiger partial charge in [0.1, 0.15) is 17.2 Å². The summed E-state index contributed by atoms with van der Waals surface area (Å²) >= 11 is 5.40. The van der Waals surface area contributed by atoms with E-state index in [9.17, 15) is 9.59 Å². The molecule has 1 fully saturated rings. The number of carbonyl (C=O) groups excluding carboxylic acids is 2. The lowest BCUT2D eigenvalue weighted by atomic mass is 10.1. The molecule has 0 spiro atoms. The van der Waals surface area contributed by atoms with E-state index >= 15 is 0 Å². The summed E-state index contributed by atoms with van der Waals surface area (Å²) in [5, 5.41) is 6.00. The maximum Gasteiger partial charge on any atom is 0.281 e. The molecule has 1 aliphatic heterocycles. The van der Waals surface area contributed by atoms with Crippen LogP contribution in [0.25, 0.3) is 6.08 Å². The highest BCUT2D eigenvalue weighted by molar-refractivity contribution is 7.80. The minimum absolute atomic E-state index is 0.236. The summed E-state index contributed by atoms with van der Waals surface area (Å²) < 4.78 is 21.8. The predicted octanol–water partition coefficient (Wildman–Crippen LogP) is 4.38. The van der Waals surface area contributed by atoms with Crippen molar-refractivity contribution in [1.29, 1.82) is 0 Å². The minimum atomic E-state index is -0.355. The Kier molecular flexibility index (Phi) is 8.44. The Morgan fingerprint density at radius 2 is 1.71 bits per heavy atom. The van der Waals surface area contributed by atoms with Gasteiger partial charge in [0.25, 0.3) is 11.8 Å². The molecule has 0 unspecified atom stereocenters. The Bertz CT molecular complexity index is 1370. The molecule has 0 radical (unpaired) electrons. The summed E-state index contributed by atoms with van der Waals surface area (Å²) in [6.45, 7) is 2.22. The molecule has 3 aromatic carbocycles. The number of anilines is 2. The molecule has 1 saturated heterocycles. The molecule has 0 aliphatic carbocycles. The normalized spacial score (nSPS) is 13.8. The lowest BCUT2D eigenvalue weighted by Crippen LogP contribution is -2.30. The molecule has 4 rings (SSSR count). The Morgan fingerprint density at radius 3 is 2.42 bits per heavy atom. The zero-order chi connectivity index (χ0) is 27.1. The third-order valence-corrected chi connectivity index (χ3v) is 5.81. The molecule has 0 saturated carbocycles. The fraction of sp³-hybridized carbons (Fsp3) is 0.179. The number of ether oxygens (including phenoxy) is 4. The summed E-state index contributed by atoms with van der Waals surface area (Å²) in [4.78, 5) is 26.9. The summed E-state index contributed by atoms with van der Waals surface area (Å²) in [7, 11) is 3.03. The van der Waals surface area contributed by atoms with Crippen LogP contribution in [0.1, 0.15) is 12.5 Å². The highest BCUT2D eigenvalue weighted by Crippen LogP contribution is 2.30. The molecule has 0 aromatic heterocycles. The third kappa shape index (κ3) is 6.04. The molecule has 0 atom stereocenters. The first-order valence-electron chi connectivity index (χ1n) is 11.8. The van der Waals surface area contributed by atoms with Gasteiger partial charge in [0.15, 0.2) is 23.2 Å². The Balaban J connectivity index is 1.44. The average molecular weight is 534 g/mol. The maximum atomic E-state index is 13.1. The highest BCUT2D eigenvalue weighted by Gasteiger charge is 2.32. The topological polar surface area (TPSA) is 98.4 Å². The van der Waals surface area contributed by atoms with Crippen molar-refractivity contribution in [2.45, 2.75) is 6.92 Å². The van der Waals surface area contributed by atoms with Crippen LogP contribution >= 0.6 is 12.2 Å². The first-order valence-corrected chi connectivity index (χ1v) is 12.2. The molecule has 196 valence electrons. The monoisotopic (exact) mass is 533 g/mol. The Hall–Kier alpha value is -4.57. The zero-order valence-corrected chi connectivity index (χ0v) is 22.0. The Labute approximate surface area is 225 Å². The molecular weight excluding hydrogens is 506 g/mol. The number of nitrogens with one attached hydrogen (secondary N) is 2. The van der Waals surface area contributed by atoms with E-state index in [1.165, 1.54) is 19.1 Å². The number of hydrogen-bond acceptors (Lipinski definition) is 7. The summed E-state index contributed by atoms with van der Waals surface area (Å²) in [6, 6.07) is 19.4. The number of nitrogens with zero attached hydrogens (tertiary/aromatic N) is 1. The van der Waals surface area contributed by atoms with Crippen LogP contribution in [-0.4, -0.2) is 44.4 Å². The second-order valence-electron chi connectivity index (χ2n) is 8.00. The van der Waals surface area contributed by atoms with Crippen molar-refractivity contribution in [1.82, 2.24) is 5.32 Å². The van der Waals surface area contributed by atoms with Gasteiger partial charge in [-0.25, -0.2) is 0 Å². The van der Waals surface area contributed by atoms with Crippen LogP contribution in [0, 0.1) is 0 Å². The lowest BCUT2D eigenvalue weighted by molar-refractivity contribution is -0.118. The summed E-state index contributed by atoms with van der Waals surface area (Å²) in [6.07, 6.45) is 1.67. The van der Waals surface area contributed by atoms with Crippen LogP contribution < -0.4 is 34.5 Å². The Morgan fingerprint density at radius 1 is 0.974 bits per heavy atom. The molecular formula is C28H27N3O6S. The second-order valence-corrected chi connectivity index (χ2v) is 8.39. The molecule has 38 heavy (non-hydrogen) atoms. The van der Waals surface area contributed by atoms with E-state index in [-0.39, 0.29) is 23.5 Å². The highest BCUT2D eigenvalue weighted by atomic mass is 32.1. The summed E-state index contributed by atoms with van der Waals surface area (Å²) in [5.41, 5.74) is 2.17. The number of methoxy groups -OCH3 is 2. The van der Waals surface area contributed by atoms with Crippen molar-refractivity contribution in [2.75, 3.05) is 37.7 Å². The number of hydrogen-bond donors (Lipinski definition) is 2. The van der Waals surface area contributed by atoms with Crippen molar-refractivity contribution in [3.8, 4) is 23.0 Å². The van der Waals surface area contributed by atoms with E-state index in [1.54, 1.807) is 66.7 Å². The molecule has 2 N–H and O–H groups in total. The van der Waals surface area contributed by atoms with Gasteiger partial charge in [-0.15, -0.1) is 0 Å². The molecule has 10 heteroatoms. The van der Waals surface area contributed by atoms with Crippen LogP contribution in [0.3, 0.4) is 0 Å². The standard InChI is InChI=1S/C28H27N3O6S/c1-4-36-20-12-10-19(11-13-20)31-27(33)22(30-28(31)38)15-18-9-14-24(25(16-18)35-3)37-17-26(32)29-21-7-5-6-8-23(21)34-2/h5-16H,4,17H2,1-3H3,(H,29,32)(H,30,38)/b22-15+. The summed E-state index contributed by atoms with van der Waals surface area (Å²) in [5.74, 6) is 1.40. The lowest BCUT2D eigenvalue weighted by Gasteiger charge is -2.14. The SMILES string of the molecule is CCOc1ccc(N2C(=O)/C(=C\c3ccc(OCC(=O)Nc4ccccc4OC)c(OC)c3)NC2=S)cc1. The zero-order valence-electron chi connectivity index (χ0n) is 21.1. The van der Waals surface area contributed by atoms with E-state index in [0.29, 0.717) is 52.2 Å². The van der Waals surface area contributed by atoms with Gasteiger partial charge in [-0.2, -0.15) is 0 Å². The third-order valence-electron chi connectivity index (χ3n) is 5.52. The molecule has 9 nitrogen and oxygen atoms in total. The largest absolute Gasteiger partial charge is 0.495 e. The number of thiocarbonyl (C=S) groups is 1. The molecule has 0 bridgehead atoms. The van der Waals surface area contributed by atoms with Gasteiger partial charge in [-0.3, -0.25) is 14.5 Å². The van der Waals surface area contributed by atoms with Crippen LogP contribution in [0.2, 0.25) is 0 Å². The van der Waals surface area contributed by atoms with Gasteiger partial charge < -0.3 is 29.6 Å². The van der Waals surface area contributed by atoms with Crippen molar-refractivity contribution >= 4 is 46.6 Å². The predicted molar refractivity (Wildman–Crippen MR) is 149 cm³/mol. The first kappa shape index (κ1) is 26.5. The minimum Gasteiger partial charge on any atom is -0.495 e. The van der Waals surface area contributed by atoms with Crippen molar-refractivity contribution < 1.29 is 28.5 Å². The molecule has 2 amide bonds. The van der Waals surface area contributed by atoms with Gasteiger partial charge in [0.05, 0.1) is 32.2 Å². The number of carbonyl (C=O) groups is 2. The number of rotatable bonds is 10. The van der Waals surface area contributed by atoms with Gasteiger partial charge in [-0.1, -0.05) is 18.2 Å². The van der Waals surface area contributed by atoms with Crippen LogP contribution in [0.5, 0.6) is 23.0 Å². The smallest absolute Gasteiger partial charge is 0.281 e. The van der Waals surface area contributed by atoms with Crippen LogP contribution in [0.4, 0.5) is 11.4 Å². The molecule has 1 aliphatic rings. The van der Waals surface area contributed by atoms with Crippen molar-refractivity contribution in [3.63, 3.8) is 0 Å². The maximum absolute atomic E-state index is 13.1. The van der Waals surface area contributed by atoms with Gasteiger partial charge >= 0.3 is 0 Å². The fourth-order valence-corrected chi connectivity index (χ4v) is 4.06. The van der Waals surface area contributed by atoms with Crippen LogP contribution in [-0.2, 0) is 9.59 Å². The average Bonchev–Trinajstić information content (AvgIpc) is 3.20. The van der Waals surface area contributed by atoms with E-state index in [0.717, 1.165) is 0 Å². The van der Waals surface area contributed by atoms with Crippen LogP contribution in [0.15, 0.2) is 72.4 Å². The van der Waals surface area contributed by atoms with Crippen molar-refractivity contribution in [3.05, 3.63) is 78.0 Å². The van der Waals surface area contributed by atoms with Gasteiger partial charge in [0.2, 0.25) is 0 Å².